The number of carbonyl (C=O) groups excluding carboxylic acids is 1. The number of para-hydroxylation sites is 1. The summed E-state index contributed by atoms with van der Waals surface area (Å²) in [6.07, 6.45) is 0. The molecule has 0 atom stereocenters. The van der Waals surface area contributed by atoms with Gasteiger partial charge in [-0.2, -0.15) is 0 Å². The molecule has 0 saturated heterocycles. The van der Waals surface area contributed by atoms with E-state index in [1.54, 1.807) is 6.07 Å². The van der Waals surface area contributed by atoms with Crippen LogP contribution >= 0.6 is 0 Å². The molecule has 0 spiro atoms. The van der Waals surface area contributed by atoms with Gasteiger partial charge in [-0.1, -0.05) is 30.3 Å². The monoisotopic (exact) mass is 455 g/mol. The van der Waals surface area contributed by atoms with Gasteiger partial charge in [0, 0.05) is 12.1 Å². The maximum Gasteiger partial charge on any atom is 0.337 e. The zero-order valence-electron chi connectivity index (χ0n) is 16.4. The number of nitrogens with one attached hydrogen (secondary N) is 1. The number of sulfonamides is 1. The van der Waals surface area contributed by atoms with Crippen LogP contribution in [0.25, 0.3) is 0 Å². The molecule has 3 aromatic carbocycles. The summed E-state index contributed by atoms with van der Waals surface area (Å²) in [5.74, 6) is -2.05. The highest BCUT2D eigenvalue weighted by atomic mass is 32.2. The highest BCUT2D eigenvalue weighted by Crippen LogP contribution is 2.26. The minimum atomic E-state index is -4.21. The lowest BCUT2D eigenvalue weighted by Crippen LogP contribution is -2.38. The molecule has 0 unspecified atom stereocenters. The topological polar surface area (TPSA) is 147 Å². The van der Waals surface area contributed by atoms with Crippen LogP contribution in [-0.4, -0.2) is 36.9 Å². The van der Waals surface area contributed by atoms with Crippen LogP contribution in [-0.2, 0) is 14.8 Å². The fourth-order valence-electron chi connectivity index (χ4n) is 2.87. The molecule has 11 heteroatoms. The number of non-ortho nitro benzene ring substituents is 1. The summed E-state index contributed by atoms with van der Waals surface area (Å²) in [6, 6.07) is 17.7. The molecule has 2 N–H and O–H groups in total. The summed E-state index contributed by atoms with van der Waals surface area (Å²) >= 11 is 0. The van der Waals surface area contributed by atoms with Gasteiger partial charge in [-0.05, 0) is 36.4 Å². The Bertz CT molecular complexity index is 1260. The summed E-state index contributed by atoms with van der Waals surface area (Å²) in [4.78, 5) is 34.3. The van der Waals surface area contributed by atoms with Crippen LogP contribution < -0.4 is 9.62 Å². The third-order valence-corrected chi connectivity index (χ3v) is 6.19. The van der Waals surface area contributed by atoms with Crippen molar-refractivity contribution in [2.75, 3.05) is 16.2 Å². The number of nitro benzene ring substituents is 1. The van der Waals surface area contributed by atoms with Gasteiger partial charge in [-0.15, -0.1) is 0 Å². The van der Waals surface area contributed by atoms with Crippen molar-refractivity contribution in [2.45, 2.75) is 4.90 Å². The number of amides is 1. The van der Waals surface area contributed by atoms with Crippen molar-refractivity contribution in [2.24, 2.45) is 0 Å². The highest BCUT2D eigenvalue weighted by Gasteiger charge is 2.28. The van der Waals surface area contributed by atoms with E-state index in [-0.39, 0.29) is 27.5 Å². The first-order chi connectivity index (χ1) is 15.2. The van der Waals surface area contributed by atoms with E-state index in [9.17, 15) is 33.2 Å². The van der Waals surface area contributed by atoms with Crippen LogP contribution in [0.1, 0.15) is 10.4 Å². The van der Waals surface area contributed by atoms with Gasteiger partial charge < -0.3 is 10.4 Å². The third-order valence-electron chi connectivity index (χ3n) is 4.40. The Hall–Kier alpha value is -4.25. The Balaban J connectivity index is 1.97. The second-order valence-corrected chi connectivity index (χ2v) is 8.36. The van der Waals surface area contributed by atoms with Crippen molar-refractivity contribution in [1.82, 2.24) is 0 Å². The number of carboxylic acids is 1. The van der Waals surface area contributed by atoms with E-state index < -0.39 is 33.4 Å². The van der Waals surface area contributed by atoms with E-state index >= 15 is 0 Å². The second-order valence-electron chi connectivity index (χ2n) is 6.50. The van der Waals surface area contributed by atoms with Crippen LogP contribution in [0.15, 0.2) is 83.8 Å². The summed E-state index contributed by atoms with van der Waals surface area (Å²) in [5.41, 5.74) is -0.369. The van der Waals surface area contributed by atoms with Gasteiger partial charge >= 0.3 is 5.97 Å². The Morgan fingerprint density at radius 1 is 0.938 bits per heavy atom. The van der Waals surface area contributed by atoms with Gasteiger partial charge in [0.05, 0.1) is 26.8 Å². The van der Waals surface area contributed by atoms with Gasteiger partial charge in [-0.25, -0.2) is 13.2 Å². The molecule has 0 aliphatic carbocycles. The number of carboxylic acid groups (broad SMARTS) is 1. The van der Waals surface area contributed by atoms with Crippen molar-refractivity contribution in [3.63, 3.8) is 0 Å². The van der Waals surface area contributed by atoms with Crippen LogP contribution in [0.2, 0.25) is 0 Å². The van der Waals surface area contributed by atoms with Gasteiger partial charge in [0.15, 0.2) is 0 Å². The molecule has 3 aromatic rings. The van der Waals surface area contributed by atoms with Crippen LogP contribution in [0.4, 0.5) is 17.1 Å². The Labute approximate surface area is 182 Å². The molecule has 1 amide bonds. The third kappa shape index (κ3) is 4.90. The van der Waals surface area contributed by atoms with E-state index in [0.29, 0.717) is 0 Å². The first kappa shape index (κ1) is 22.4. The number of hydrogen-bond donors (Lipinski definition) is 2. The maximum atomic E-state index is 13.2. The molecule has 0 heterocycles. The molecule has 32 heavy (non-hydrogen) atoms. The van der Waals surface area contributed by atoms with Crippen molar-refractivity contribution >= 4 is 39.0 Å². The van der Waals surface area contributed by atoms with Crippen LogP contribution in [0.5, 0.6) is 0 Å². The summed E-state index contributed by atoms with van der Waals surface area (Å²) in [6.45, 7) is -0.691. The second kappa shape index (κ2) is 9.27. The fourth-order valence-corrected chi connectivity index (χ4v) is 4.32. The Kier molecular flexibility index (Phi) is 6.50. The number of aromatic carboxylic acids is 1. The number of anilines is 2. The van der Waals surface area contributed by atoms with Crippen LogP contribution in [0.3, 0.4) is 0 Å². The van der Waals surface area contributed by atoms with Crippen molar-refractivity contribution in [3.8, 4) is 0 Å². The number of rotatable bonds is 8. The van der Waals surface area contributed by atoms with Gasteiger partial charge in [-0.3, -0.25) is 19.2 Å². The van der Waals surface area contributed by atoms with E-state index in [1.165, 1.54) is 60.7 Å². The number of carbonyl (C=O) groups is 2. The lowest BCUT2D eigenvalue weighted by molar-refractivity contribution is -0.384. The number of benzene rings is 3. The largest absolute Gasteiger partial charge is 0.478 e. The molecule has 10 nitrogen and oxygen atoms in total. The summed E-state index contributed by atoms with van der Waals surface area (Å²) in [7, 11) is -4.21. The van der Waals surface area contributed by atoms with E-state index in [0.717, 1.165) is 16.4 Å². The molecule has 0 bridgehead atoms. The van der Waals surface area contributed by atoms with Gasteiger partial charge in [0.1, 0.15) is 6.54 Å². The zero-order chi connectivity index (χ0) is 23.3. The average molecular weight is 455 g/mol. The summed E-state index contributed by atoms with van der Waals surface area (Å²) in [5, 5.41) is 22.6. The molecule has 0 saturated carbocycles. The minimum absolute atomic E-state index is 0.00533. The first-order valence-corrected chi connectivity index (χ1v) is 10.6. The molecule has 0 aliphatic rings. The van der Waals surface area contributed by atoms with Crippen molar-refractivity contribution < 1.29 is 28.0 Å². The molecule has 0 aliphatic heterocycles. The standard InChI is InChI=1S/C21H17N3O7S/c25-20(22-19-9-5-4-8-18(19)21(26)27)14-23(15-10-12-16(13-11-15)24(28)29)32(30,31)17-6-2-1-3-7-17/h1-13H,14H2,(H,22,25)(H,26,27). The Morgan fingerprint density at radius 3 is 2.12 bits per heavy atom. The van der Waals surface area contributed by atoms with Crippen molar-refractivity contribution in [3.05, 3.63) is 94.5 Å². The molecular weight excluding hydrogens is 438 g/mol. The SMILES string of the molecule is O=C(CN(c1ccc([N+](=O)[O-])cc1)S(=O)(=O)c1ccccc1)Nc1ccccc1C(=O)O. The molecule has 0 radical (unpaired) electrons. The average Bonchev–Trinajstić information content (AvgIpc) is 2.78. The number of nitrogens with zero attached hydrogens (tertiary/aromatic N) is 2. The summed E-state index contributed by atoms with van der Waals surface area (Å²) < 4.78 is 27.3. The maximum absolute atomic E-state index is 13.2. The first-order valence-electron chi connectivity index (χ1n) is 9.14. The lowest BCUT2D eigenvalue weighted by Gasteiger charge is -2.24. The molecule has 164 valence electrons. The molecular formula is C21H17N3O7S. The normalized spacial score (nSPS) is 10.9. The van der Waals surface area contributed by atoms with Gasteiger partial charge in [0.2, 0.25) is 5.91 Å². The van der Waals surface area contributed by atoms with E-state index in [2.05, 4.69) is 5.32 Å². The predicted molar refractivity (Wildman–Crippen MR) is 116 cm³/mol. The highest BCUT2D eigenvalue weighted by molar-refractivity contribution is 7.92. The predicted octanol–water partition coefficient (Wildman–Crippen LogP) is 3.13. The zero-order valence-corrected chi connectivity index (χ0v) is 17.2. The Morgan fingerprint density at radius 2 is 1.53 bits per heavy atom. The molecule has 0 fully saturated rings. The van der Waals surface area contributed by atoms with Crippen molar-refractivity contribution in [1.29, 1.82) is 0 Å². The fraction of sp³-hybridized carbons (Fsp3) is 0.0476. The minimum Gasteiger partial charge on any atom is -0.478 e. The van der Waals surface area contributed by atoms with Crippen LogP contribution in [0, 0.1) is 10.1 Å². The molecule has 0 aromatic heterocycles. The molecule has 3 rings (SSSR count). The lowest BCUT2D eigenvalue weighted by atomic mass is 10.2. The van der Waals surface area contributed by atoms with Gasteiger partial charge in [0.25, 0.3) is 15.7 Å². The van der Waals surface area contributed by atoms with E-state index in [1.807, 2.05) is 0 Å². The van der Waals surface area contributed by atoms with E-state index in [4.69, 9.17) is 0 Å². The number of hydrogen-bond acceptors (Lipinski definition) is 6. The number of nitro groups is 1. The quantitative estimate of drug-likeness (QED) is 0.392. The smallest absolute Gasteiger partial charge is 0.337 e.